The fourth-order valence-electron chi connectivity index (χ4n) is 10.5. The fourth-order valence-corrected chi connectivity index (χ4v) is 11.3. The van der Waals surface area contributed by atoms with Crippen LogP contribution in [0.4, 0.5) is 28.9 Å². The quantitative estimate of drug-likeness (QED) is 0.0253. The first-order chi connectivity index (χ1) is 37.9. The molecule has 5 atom stereocenters. The highest BCUT2D eigenvalue weighted by atomic mass is 32.1. The van der Waals surface area contributed by atoms with Gasteiger partial charge in [-0.2, -0.15) is 13.2 Å². The Morgan fingerprint density at radius 1 is 0.838 bits per heavy atom. The molecule has 0 radical (unpaired) electrons. The fraction of sp³-hybridized carbons (Fsp3) is 0.483. The molecule has 0 bridgehead atoms. The van der Waals surface area contributed by atoms with Crippen LogP contribution in [0, 0.1) is 18.2 Å². The molecule has 5 aromatic rings. The summed E-state index contributed by atoms with van der Waals surface area (Å²) in [6, 6.07) is 15.6. The van der Waals surface area contributed by atoms with Crippen molar-refractivity contribution in [3.63, 3.8) is 0 Å². The number of unbranched alkanes of at least 4 members (excludes halogenated alkanes) is 7. The van der Waals surface area contributed by atoms with Gasteiger partial charge in [-0.05, 0) is 81.0 Å². The number of aliphatic hydroxyl groups excluding tert-OH is 1. The molecule has 2 fully saturated rings. The molecule has 20 heteroatoms. The number of carbonyl (C=O) groups excluding carboxylic acids is 5. The molecule has 4 heterocycles. The number of benzene rings is 3. The molecule has 2 aliphatic rings. The molecule has 430 valence electrons. The molecule has 0 spiro atoms. The van der Waals surface area contributed by atoms with E-state index in [0.717, 1.165) is 66.4 Å². The van der Waals surface area contributed by atoms with E-state index in [-0.39, 0.29) is 78.8 Å². The van der Waals surface area contributed by atoms with Gasteiger partial charge in [0, 0.05) is 80.9 Å². The maximum atomic E-state index is 15.9. The lowest BCUT2D eigenvalue weighted by molar-refractivity contribution is -0.144. The predicted octanol–water partition coefficient (Wildman–Crippen LogP) is 10.3. The number of aromatic amines is 1. The lowest BCUT2D eigenvalue weighted by Gasteiger charge is -2.44. The molecule has 2 aliphatic heterocycles. The minimum Gasteiger partial charge on any atom is -0.391 e. The molecule has 7 rings (SSSR count). The molecular weight excluding hydrogens is 1050 g/mol. The van der Waals surface area contributed by atoms with Gasteiger partial charge in [0.1, 0.15) is 17.9 Å². The standard InChI is InChI=1S/C60H74F4N8O7S/c1-36-32-71(33-37(2)70(36)7)49-25-23-41(27-48(49)68-56(77)45-31-65-53(76)29-46(45)60(62,63)64)44-24-22-42(26-47(44)61)51(74)16-14-12-10-8-9-11-13-15-17-52(75)69-55(59(4,5)6)58(79)72-34-43(73)28-50(72)57(78)66-30-39-18-20-40(21-19-39)54-38(3)67-35-80-54/h18-27,29,31,35-37,43,50,55,73H,8-17,28,30,32-34H2,1-7H3,(H,65,76)(H,66,78)(H,68,77)(H,69,75)/t36-,37+,43-,50+,55-/m1/s1. The largest absolute Gasteiger partial charge is 0.417 e. The summed E-state index contributed by atoms with van der Waals surface area (Å²) >= 11 is 1.56. The van der Waals surface area contributed by atoms with E-state index in [0.29, 0.717) is 43.2 Å². The monoisotopic (exact) mass is 1130 g/mol. The Bertz CT molecular complexity index is 3050. The Hall–Kier alpha value is -6.77. The lowest BCUT2D eigenvalue weighted by Crippen LogP contribution is -2.57. The number of hydrogen-bond acceptors (Lipinski definition) is 11. The summed E-state index contributed by atoms with van der Waals surface area (Å²) in [5.74, 6) is -3.05. The van der Waals surface area contributed by atoms with Crippen LogP contribution in [-0.2, 0) is 27.1 Å². The molecule has 0 unspecified atom stereocenters. The number of alkyl halides is 3. The number of halogens is 4. The number of nitrogens with one attached hydrogen (secondary N) is 4. The number of amides is 4. The van der Waals surface area contributed by atoms with E-state index in [1.165, 1.54) is 29.2 Å². The third-order valence-corrected chi connectivity index (χ3v) is 16.3. The van der Waals surface area contributed by atoms with Crippen molar-refractivity contribution in [2.45, 2.75) is 155 Å². The van der Waals surface area contributed by atoms with Crippen LogP contribution in [0.3, 0.4) is 0 Å². The Labute approximate surface area is 468 Å². The topological polar surface area (TPSA) is 197 Å². The summed E-state index contributed by atoms with van der Waals surface area (Å²) in [6.45, 7) is 12.9. The van der Waals surface area contributed by atoms with Crippen molar-refractivity contribution >= 4 is 52.1 Å². The Morgan fingerprint density at radius 3 is 2.09 bits per heavy atom. The number of piperazine rings is 1. The molecule has 2 saturated heterocycles. The third kappa shape index (κ3) is 15.6. The van der Waals surface area contributed by atoms with Crippen LogP contribution in [0.5, 0.6) is 0 Å². The van der Waals surface area contributed by atoms with Gasteiger partial charge < -0.3 is 35.8 Å². The first-order valence-corrected chi connectivity index (χ1v) is 28.4. The van der Waals surface area contributed by atoms with E-state index in [1.807, 2.05) is 77.8 Å². The second-order valence-corrected chi connectivity index (χ2v) is 23.3. The number of ketones is 1. The number of carbonyl (C=O) groups is 5. The van der Waals surface area contributed by atoms with E-state index in [2.05, 4.69) is 30.8 Å². The summed E-state index contributed by atoms with van der Waals surface area (Å²) in [5.41, 5.74) is 2.15. The molecule has 2 aromatic heterocycles. The molecule has 15 nitrogen and oxygen atoms in total. The number of hydrogen-bond donors (Lipinski definition) is 5. The number of anilines is 2. The van der Waals surface area contributed by atoms with Crippen LogP contribution >= 0.6 is 11.3 Å². The number of β-amino-alcohol motifs (C(OH)–C–C–N with tert-alkyl or cyclic N) is 1. The highest BCUT2D eigenvalue weighted by Crippen LogP contribution is 2.37. The second kappa shape index (κ2) is 26.7. The summed E-state index contributed by atoms with van der Waals surface area (Å²) < 4.78 is 57.8. The van der Waals surface area contributed by atoms with Gasteiger partial charge in [-0.25, -0.2) is 9.37 Å². The zero-order chi connectivity index (χ0) is 58.1. The number of rotatable bonds is 22. The number of pyridine rings is 1. The summed E-state index contributed by atoms with van der Waals surface area (Å²) in [4.78, 5) is 92.5. The van der Waals surface area contributed by atoms with Gasteiger partial charge in [0.15, 0.2) is 5.78 Å². The van der Waals surface area contributed by atoms with Crippen molar-refractivity contribution in [1.29, 1.82) is 0 Å². The number of likely N-dealkylation sites (tertiary alicyclic amines) is 1. The van der Waals surface area contributed by atoms with Crippen LogP contribution in [0.1, 0.15) is 143 Å². The maximum Gasteiger partial charge on any atom is 0.417 e. The number of nitrogens with zero attached hydrogens (tertiary/aromatic N) is 4. The van der Waals surface area contributed by atoms with Gasteiger partial charge in [0.25, 0.3) is 5.91 Å². The van der Waals surface area contributed by atoms with Gasteiger partial charge in [0.05, 0.1) is 44.7 Å². The van der Waals surface area contributed by atoms with Crippen molar-refractivity contribution in [2.75, 3.05) is 36.9 Å². The zero-order valence-corrected chi connectivity index (χ0v) is 47.4. The van der Waals surface area contributed by atoms with Crippen LogP contribution in [0.25, 0.3) is 21.6 Å². The molecule has 0 aliphatic carbocycles. The minimum absolute atomic E-state index is 0.0118. The SMILES string of the molecule is Cc1ncsc1-c1ccc(CNC(=O)[C@@H]2C[C@@H](O)CN2C(=O)[C@@H](NC(=O)CCCCCCCCCCC(=O)c2ccc(-c3ccc(N4C[C@@H](C)N(C)[C@@H](C)C4)c(NC(=O)c4c[nH]c(=O)cc4C(F)(F)F)c3)c(F)c2)C(C)(C)C)cc1. The first kappa shape index (κ1) is 60.9. The Kier molecular flexibility index (Phi) is 20.3. The number of likely N-dealkylation sites (N-methyl/N-ethyl adjacent to an activating group) is 1. The second-order valence-electron chi connectivity index (χ2n) is 22.5. The molecular formula is C60H74F4N8O7S. The van der Waals surface area contributed by atoms with Crippen LogP contribution in [-0.4, -0.2) is 111 Å². The van der Waals surface area contributed by atoms with Crippen molar-refractivity contribution in [2.24, 2.45) is 5.41 Å². The zero-order valence-electron chi connectivity index (χ0n) is 46.6. The van der Waals surface area contributed by atoms with E-state index in [1.54, 1.807) is 29.0 Å². The Balaban J connectivity index is 0.838. The van der Waals surface area contributed by atoms with Crippen molar-refractivity contribution < 1.29 is 46.6 Å². The number of aromatic nitrogens is 2. The Morgan fingerprint density at radius 2 is 1.48 bits per heavy atom. The van der Waals surface area contributed by atoms with Crippen molar-refractivity contribution in [3.05, 3.63) is 123 Å². The number of Topliss-reactive ketones (excluding diaryl/α,β-unsaturated/α-hetero) is 1. The van der Waals surface area contributed by atoms with Gasteiger partial charge in [0.2, 0.25) is 23.3 Å². The number of H-pyrrole nitrogens is 1. The average molecular weight is 1130 g/mol. The van der Waals surface area contributed by atoms with E-state index in [4.69, 9.17) is 0 Å². The predicted molar refractivity (Wildman–Crippen MR) is 303 cm³/mol. The van der Waals surface area contributed by atoms with E-state index in [9.17, 15) is 47.0 Å². The van der Waals surface area contributed by atoms with Crippen LogP contribution < -0.4 is 26.4 Å². The highest BCUT2D eigenvalue weighted by molar-refractivity contribution is 7.13. The van der Waals surface area contributed by atoms with E-state index >= 15 is 4.39 Å². The minimum atomic E-state index is -4.98. The summed E-state index contributed by atoms with van der Waals surface area (Å²) in [5, 5.41) is 19.1. The smallest absolute Gasteiger partial charge is 0.391 e. The third-order valence-electron chi connectivity index (χ3n) is 15.3. The van der Waals surface area contributed by atoms with Crippen LogP contribution in [0.15, 0.2) is 83.2 Å². The molecule has 3 aromatic carbocycles. The number of aliphatic hydroxyl groups is 1. The molecule has 80 heavy (non-hydrogen) atoms. The highest BCUT2D eigenvalue weighted by Gasteiger charge is 2.44. The normalized spacial score (nSPS) is 18.2. The van der Waals surface area contributed by atoms with Crippen molar-refractivity contribution in [3.8, 4) is 21.6 Å². The summed E-state index contributed by atoms with van der Waals surface area (Å²) in [6.07, 6.45) is 1.92. The molecule has 0 saturated carbocycles. The molecule has 4 amide bonds. The number of thiazole rings is 1. The van der Waals surface area contributed by atoms with Crippen molar-refractivity contribution in [1.82, 2.24) is 30.4 Å². The summed E-state index contributed by atoms with van der Waals surface area (Å²) in [7, 11) is 2.00. The van der Waals surface area contributed by atoms with Gasteiger partial charge in [-0.1, -0.05) is 102 Å². The first-order valence-electron chi connectivity index (χ1n) is 27.5. The van der Waals surface area contributed by atoms with Gasteiger partial charge in [-0.15, -0.1) is 11.3 Å². The average Bonchev–Trinajstić information content (AvgIpc) is 4.05. The lowest BCUT2D eigenvalue weighted by atomic mass is 9.85. The van der Waals surface area contributed by atoms with Crippen LogP contribution in [0.2, 0.25) is 0 Å². The molecule has 5 N–H and O–H groups in total. The maximum absolute atomic E-state index is 15.9. The number of aryl methyl sites for hydroxylation is 1. The van der Waals surface area contributed by atoms with Gasteiger partial charge >= 0.3 is 6.18 Å². The van der Waals surface area contributed by atoms with Gasteiger partial charge in [-0.3, -0.25) is 33.7 Å². The van der Waals surface area contributed by atoms with E-state index < -0.39 is 64.1 Å².